The monoisotopic (exact) mass is 384 g/mol. The quantitative estimate of drug-likeness (QED) is 0.759. The van der Waals surface area contributed by atoms with Crippen LogP contribution in [-0.4, -0.2) is 9.97 Å². The average Bonchev–Trinajstić information content (AvgIpc) is 2.29. The fraction of sp³-hybridized carbons (Fsp3) is 0.0909. The number of aryl methyl sites for hydroxylation is 1. The van der Waals surface area contributed by atoms with Gasteiger partial charge in [0.25, 0.3) is 0 Å². The number of nitrogen functional groups attached to an aromatic ring is 1. The van der Waals surface area contributed by atoms with Gasteiger partial charge < -0.3 is 11.1 Å². The standard InChI is InChI=1S/C11H8BrClF2N4.ClH/c1-4-17-10(13)8(16)11(18-4)19-9-6(14)2-5(12)3-7(9)15;/h2-3H,16H2,1H3,(H,17,18,19);1H. The molecular weight excluding hydrogens is 377 g/mol. The summed E-state index contributed by atoms with van der Waals surface area (Å²) in [6, 6.07) is 2.24. The first-order valence-corrected chi connectivity index (χ1v) is 6.26. The van der Waals surface area contributed by atoms with E-state index in [1.54, 1.807) is 6.92 Å². The molecule has 1 aromatic carbocycles. The molecular formula is C11H9BrCl2F2N4. The van der Waals surface area contributed by atoms with E-state index in [-0.39, 0.29) is 39.2 Å². The van der Waals surface area contributed by atoms with Crippen molar-refractivity contribution in [3.63, 3.8) is 0 Å². The van der Waals surface area contributed by atoms with Gasteiger partial charge in [0, 0.05) is 4.47 Å². The molecule has 0 radical (unpaired) electrons. The Kier molecular flexibility index (Phi) is 5.50. The molecule has 0 fully saturated rings. The molecule has 2 rings (SSSR count). The van der Waals surface area contributed by atoms with Crippen molar-refractivity contribution < 1.29 is 8.78 Å². The molecule has 0 aliphatic carbocycles. The van der Waals surface area contributed by atoms with Crippen LogP contribution in [0.3, 0.4) is 0 Å². The van der Waals surface area contributed by atoms with E-state index in [9.17, 15) is 8.78 Å². The molecule has 0 bridgehead atoms. The fourth-order valence-corrected chi connectivity index (χ4v) is 2.04. The highest BCUT2D eigenvalue weighted by Gasteiger charge is 2.15. The Morgan fingerprint density at radius 2 is 1.80 bits per heavy atom. The van der Waals surface area contributed by atoms with Gasteiger partial charge in [-0.3, -0.25) is 0 Å². The van der Waals surface area contributed by atoms with Gasteiger partial charge in [-0.05, 0) is 19.1 Å². The number of hydrogen-bond acceptors (Lipinski definition) is 4. The number of nitrogens with two attached hydrogens (primary N) is 1. The highest BCUT2D eigenvalue weighted by Crippen LogP contribution is 2.30. The van der Waals surface area contributed by atoms with Gasteiger partial charge in [0.1, 0.15) is 17.2 Å². The third-order valence-corrected chi connectivity index (χ3v) is 3.01. The minimum Gasteiger partial charge on any atom is -0.393 e. The van der Waals surface area contributed by atoms with Crippen molar-refractivity contribution >= 4 is 57.1 Å². The van der Waals surface area contributed by atoms with Crippen molar-refractivity contribution in [2.45, 2.75) is 6.92 Å². The van der Waals surface area contributed by atoms with Crippen LogP contribution >= 0.6 is 39.9 Å². The third kappa shape index (κ3) is 3.47. The van der Waals surface area contributed by atoms with Crippen molar-refractivity contribution in [2.75, 3.05) is 11.1 Å². The maximum Gasteiger partial charge on any atom is 0.159 e. The average molecular weight is 386 g/mol. The van der Waals surface area contributed by atoms with Crippen LogP contribution in [0.1, 0.15) is 5.82 Å². The lowest BCUT2D eigenvalue weighted by Gasteiger charge is -2.11. The molecule has 0 saturated heterocycles. The predicted octanol–water partition coefficient (Wildman–Crippen LogP) is 4.23. The summed E-state index contributed by atoms with van der Waals surface area (Å²) in [5, 5.41) is 2.51. The molecule has 108 valence electrons. The largest absolute Gasteiger partial charge is 0.393 e. The van der Waals surface area contributed by atoms with Crippen LogP contribution in [0.2, 0.25) is 5.15 Å². The van der Waals surface area contributed by atoms with Crippen molar-refractivity contribution in [2.24, 2.45) is 0 Å². The zero-order valence-electron chi connectivity index (χ0n) is 10.0. The molecule has 4 nitrogen and oxygen atoms in total. The lowest BCUT2D eigenvalue weighted by Crippen LogP contribution is -2.06. The Morgan fingerprint density at radius 1 is 1.25 bits per heavy atom. The predicted molar refractivity (Wildman–Crippen MR) is 80.8 cm³/mol. The van der Waals surface area contributed by atoms with Gasteiger partial charge in [-0.2, -0.15) is 0 Å². The molecule has 3 N–H and O–H groups in total. The molecule has 0 spiro atoms. The van der Waals surface area contributed by atoms with Crippen LogP contribution in [-0.2, 0) is 0 Å². The number of hydrogen-bond donors (Lipinski definition) is 2. The SMILES string of the molecule is Cc1nc(Cl)c(N)c(Nc2c(F)cc(Br)cc2F)n1.Cl. The van der Waals surface area contributed by atoms with E-state index < -0.39 is 11.6 Å². The summed E-state index contributed by atoms with van der Waals surface area (Å²) in [7, 11) is 0. The van der Waals surface area contributed by atoms with Gasteiger partial charge in [-0.25, -0.2) is 18.7 Å². The second kappa shape index (κ2) is 6.51. The summed E-state index contributed by atoms with van der Waals surface area (Å²) < 4.78 is 27.6. The molecule has 9 heteroatoms. The Labute approximate surface area is 133 Å². The van der Waals surface area contributed by atoms with Crippen molar-refractivity contribution in [3.05, 3.63) is 39.2 Å². The van der Waals surface area contributed by atoms with Crippen LogP contribution in [0.15, 0.2) is 16.6 Å². The Balaban J connectivity index is 0.00000200. The zero-order valence-corrected chi connectivity index (χ0v) is 13.2. The number of halogens is 5. The van der Waals surface area contributed by atoms with Crippen LogP contribution in [0.4, 0.5) is 26.0 Å². The van der Waals surface area contributed by atoms with Gasteiger partial charge in [0.15, 0.2) is 22.6 Å². The van der Waals surface area contributed by atoms with Crippen LogP contribution in [0.5, 0.6) is 0 Å². The fourth-order valence-electron chi connectivity index (χ4n) is 1.42. The second-order valence-corrected chi connectivity index (χ2v) is 4.97. The summed E-state index contributed by atoms with van der Waals surface area (Å²) in [4.78, 5) is 7.79. The normalized spacial score (nSPS) is 10.1. The Bertz CT molecular complexity index is 632. The minimum absolute atomic E-state index is 0. The molecule has 0 unspecified atom stereocenters. The molecule has 0 aliphatic rings. The van der Waals surface area contributed by atoms with E-state index >= 15 is 0 Å². The van der Waals surface area contributed by atoms with Crippen LogP contribution < -0.4 is 11.1 Å². The smallest absolute Gasteiger partial charge is 0.159 e. The number of nitrogens with zero attached hydrogens (tertiary/aromatic N) is 2. The number of aromatic nitrogens is 2. The number of rotatable bonds is 2. The first-order valence-electron chi connectivity index (χ1n) is 5.09. The molecule has 0 amide bonds. The molecule has 0 atom stereocenters. The summed E-state index contributed by atoms with van der Waals surface area (Å²) in [5.74, 6) is -1.17. The third-order valence-electron chi connectivity index (χ3n) is 2.26. The maximum absolute atomic E-state index is 13.7. The van der Waals surface area contributed by atoms with E-state index in [1.807, 2.05) is 0 Å². The number of benzene rings is 1. The molecule has 1 aromatic heterocycles. The number of nitrogens with one attached hydrogen (secondary N) is 1. The zero-order chi connectivity index (χ0) is 14.2. The first kappa shape index (κ1) is 16.9. The Morgan fingerprint density at radius 3 is 2.35 bits per heavy atom. The Hall–Kier alpha value is -1.18. The van der Waals surface area contributed by atoms with Crippen molar-refractivity contribution in [3.8, 4) is 0 Å². The number of anilines is 3. The van der Waals surface area contributed by atoms with Gasteiger partial charge in [-0.15, -0.1) is 12.4 Å². The minimum atomic E-state index is -0.779. The van der Waals surface area contributed by atoms with Crippen LogP contribution in [0.25, 0.3) is 0 Å². The highest BCUT2D eigenvalue weighted by atomic mass is 79.9. The van der Waals surface area contributed by atoms with E-state index in [0.717, 1.165) is 12.1 Å². The van der Waals surface area contributed by atoms with E-state index in [4.69, 9.17) is 17.3 Å². The molecule has 0 saturated carbocycles. The molecule has 0 aliphatic heterocycles. The second-order valence-electron chi connectivity index (χ2n) is 3.69. The lowest BCUT2D eigenvalue weighted by atomic mass is 10.3. The maximum atomic E-state index is 13.7. The first-order chi connectivity index (χ1) is 8.88. The van der Waals surface area contributed by atoms with Crippen molar-refractivity contribution in [1.82, 2.24) is 9.97 Å². The van der Waals surface area contributed by atoms with E-state index in [1.165, 1.54) is 0 Å². The highest BCUT2D eigenvalue weighted by molar-refractivity contribution is 9.10. The molecule has 1 heterocycles. The van der Waals surface area contributed by atoms with Gasteiger partial charge in [0.05, 0.1) is 0 Å². The lowest BCUT2D eigenvalue weighted by molar-refractivity contribution is 0.589. The van der Waals surface area contributed by atoms with Crippen molar-refractivity contribution in [1.29, 1.82) is 0 Å². The topological polar surface area (TPSA) is 63.8 Å². The van der Waals surface area contributed by atoms with Gasteiger partial charge in [-0.1, -0.05) is 27.5 Å². The molecule has 20 heavy (non-hydrogen) atoms. The van der Waals surface area contributed by atoms with E-state index in [2.05, 4.69) is 31.2 Å². The summed E-state index contributed by atoms with van der Waals surface area (Å²) in [5.41, 5.74) is 5.32. The molecule has 2 aromatic rings. The van der Waals surface area contributed by atoms with E-state index in [0.29, 0.717) is 5.82 Å². The summed E-state index contributed by atoms with van der Waals surface area (Å²) in [6.07, 6.45) is 0. The van der Waals surface area contributed by atoms with Crippen LogP contribution in [0, 0.1) is 18.6 Å². The van der Waals surface area contributed by atoms with Gasteiger partial charge >= 0.3 is 0 Å². The summed E-state index contributed by atoms with van der Waals surface area (Å²) >= 11 is 8.77. The van der Waals surface area contributed by atoms with Gasteiger partial charge in [0.2, 0.25) is 0 Å². The summed E-state index contributed by atoms with van der Waals surface area (Å²) in [6.45, 7) is 1.59.